The molecule has 0 amide bonds. The molecule has 1 saturated carbocycles. The SMILES string of the molecule is CC(CNC1CC1)Cn1ccn(C(C)C)c1=O. The summed E-state index contributed by atoms with van der Waals surface area (Å²) in [6.07, 6.45) is 6.41. The minimum absolute atomic E-state index is 0.110. The molecule has 96 valence electrons. The van der Waals surface area contributed by atoms with Crippen molar-refractivity contribution >= 4 is 0 Å². The summed E-state index contributed by atoms with van der Waals surface area (Å²) in [6, 6.07) is 0.984. The predicted molar refractivity (Wildman–Crippen MR) is 69.3 cm³/mol. The summed E-state index contributed by atoms with van der Waals surface area (Å²) in [5.41, 5.74) is 0.110. The Bertz CT molecular complexity index is 415. The van der Waals surface area contributed by atoms with E-state index in [0.717, 1.165) is 19.1 Å². The second-order valence-corrected chi connectivity index (χ2v) is 5.52. The van der Waals surface area contributed by atoms with Crippen molar-refractivity contribution in [3.8, 4) is 0 Å². The molecule has 1 aliphatic carbocycles. The van der Waals surface area contributed by atoms with Gasteiger partial charge < -0.3 is 5.32 Å². The maximum Gasteiger partial charge on any atom is 0.328 e. The zero-order valence-corrected chi connectivity index (χ0v) is 11.0. The van der Waals surface area contributed by atoms with E-state index in [0.29, 0.717) is 5.92 Å². The van der Waals surface area contributed by atoms with Crippen LogP contribution in [0.15, 0.2) is 17.2 Å². The van der Waals surface area contributed by atoms with Crippen LogP contribution in [0.5, 0.6) is 0 Å². The van der Waals surface area contributed by atoms with Crippen molar-refractivity contribution in [1.82, 2.24) is 14.5 Å². The number of hydrogen-bond donors (Lipinski definition) is 1. The second kappa shape index (κ2) is 5.08. The first-order valence-corrected chi connectivity index (χ1v) is 6.58. The molecule has 0 aromatic carbocycles. The number of nitrogens with one attached hydrogen (secondary N) is 1. The molecule has 1 heterocycles. The maximum atomic E-state index is 12.0. The standard InChI is InChI=1S/C13H23N3O/c1-10(2)16-7-6-15(13(16)17)9-11(3)8-14-12-4-5-12/h6-7,10-12,14H,4-5,8-9H2,1-3H3. The van der Waals surface area contributed by atoms with Gasteiger partial charge in [0.2, 0.25) is 0 Å². The van der Waals surface area contributed by atoms with Crippen molar-refractivity contribution in [2.75, 3.05) is 6.54 Å². The molecule has 1 fully saturated rings. The quantitative estimate of drug-likeness (QED) is 0.816. The first-order valence-electron chi connectivity index (χ1n) is 6.58. The van der Waals surface area contributed by atoms with Crippen LogP contribution in [-0.4, -0.2) is 21.7 Å². The van der Waals surface area contributed by atoms with Crippen LogP contribution in [-0.2, 0) is 6.54 Å². The average molecular weight is 237 g/mol. The molecule has 0 spiro atoms. The lowest BCUT2D eigenvalue weighted by molar-refractivity contribution is 0.430. The second-order valence-electron chi connectivity index (χ2n) is 5.52. The van der Waals surface area contributed by atoms with Gasteiger partial charge >= 0.3 is 5.69 Å². The highest BCUT2D eigenvalue weighted by Gasteiger charge is 2.21. The Kier molecular flexibility index (Phi) is 3.72. The molecule has 0 saturated heterocycles. The van der Waals surface area contributed by atoms with Crippen molar-refractivity contribution < 1.29 is 0 Å². The van der Waals surface area contributed by atoms with E-state index in [1.54, 1.807) is 4.57 Å². The summed E-state index contributed by atoms with van der Waals surface area (Å²) in [5, 5.41) is 3.50. The molecule has 1 aromatic rings. The smallest absolute Gasteiger partial charge is 0.314 e. The molecule has 1 aromatic heterocycles. The van der Waals surface area contributed by atoms with Crippen LogP contribution in [0.2, 0.25) is 0 Å². The number of imidazole rings is 1. The lowest BCUT2D eigenvalue weighted by Gasteiger charge is -2.12. The highest BCUT2D eigenvalue weighted by molar-refractivity contribution is 4.85. The van der Waals surface area contributed by atoms with E-state index in [1.165, 1.54) is 12.8 Å². The summed E-state index contributed by atoms with van der Waals surface area (Å²) < 4.78 is 3.60. The Morgan fingerprint density at radius 2 is 2.06 bits per heavy atom. The van der Waals surface area contributed by atoms with Crippen molar-refractivity contribution in [2.45, 2.75) is 52.2 Å². The fraction of sp³-hybridized carbons (Fsp3) is 0.769. The fourth-order valence-corrected chi connectivity index (χ4v) is 2.02. The van der Waals surface area contributed by atoms with E-state index < -0.39 is 0 Å². The molecule has 4 heteroatoms. The molecule has 0 radical (unpaired) electrons. The molecule has 0 bridgehead atoms. The zero-order valence-electron chi connectivity index (χ0n) is 11.0. The number of hydrogen-bond acceptors (Lipinski definition) is 2. The normalized spacial score (nSPS) is 17.6. The first-order chi connectivity index (χ1) is 8.08. The minimum atomic E-state index is 0.110. The number of rotatable bonds is 6. The van der Waals surface area contributed by atoms with Gasteiger partial charge in [-0.05, 0) is 39.2 Å². The fourth-order valence-electron chi connectivity index (χ4n) is 2.02. The van der Waals surface area contributed by atoms with E-state index >= 15 is 0 Å². The van der Waals surface area contributed by atoms with Gasteiger partial charge in [-0.1, -0.05) is 6.92 Å². The van der Waals surface area contributed by atoms with E-state index in [4.69, 9.17) is 0 Å². The molecular formula is C13H23N3O. The van der Waals surface area contributed by atoms with E-state index in [1.807, 2.05) is 30.8 Å². The topological polar surface area (TPSA) is 39.0 Å². The highest BCUT2D eigenvalue weighted by Crippen LogP contribution is 2.18. The molecular weight excluding hydrogens is 214 g/mol. The van der Waals surface area contributed by atoms with Crippen LogP contribution >= 0.6 is 0 Å². The van der Waals surface area contributed by atoms with Crippen molar-refractivity contribution in [3.05, 3.63) is 22.9 Å². The van der Waals surface area contributed by atoms with Crippen LogP contribution in [0.3, 0.4) is 0 Å². The Morgan fingerprint density at radius 3 is 2.59 bits per heavy atom. The summed E-state index contributed by atoms with van der Waals surface area (Å²) in [7, 11) is 0. The van der Waals surface area contributed by atoms with Gasteiger partial charge in [0.15, 0.2) is 0 Å². The van der Waals surface area contributed by atoms with Gasteiger partial charge in [-0.15, -0.1) is 0 Å². The molecule has 2 rings (SSSR count). The highest BCUT2D eigenvalue weighted by atomic mass is 16.1. The molecule has 1 N–H and O–H groups in total. The van der Waals surface area contributed by atoms with Crippen LogP contribution in [0.25, 0.3) is 0 Å². The zero-order chi connectivity index (χ0) is 12.4. The van der Waals surface area contributed by atoms with E-state index in [2.05, 4.69) is 12.2 Å². The molecule has 0 aliphatic heterocycles. The van der Waals surface area contributed by atoms with Gasteiger partial charge in [0.25, 0.3) is 0 Å². The molecule has 1 unspecified atom stereocenters. The van der Waals surface area contributed by atoms with Gasteiger partial charge in [-0.25, -0.2) is 4.79 Å². The average Bonchev–Trinajstić information content (AvgIpc) is 3.02. The van der Waals surface area contributed by atoms with Gasteiger partial charge in [0, 0.05) is 31.0 Å². The predicted octanol–water partition coefficient (Wildman–Crippen LogP) is 1.62. The van der Waals surface area contributed by atoms with E-state index in [-0.39, 0.29) is 11.7 Å². The molecule has 1 atom stereocenters. The van der Waals surface area contributed by atoms with Crippen LogP contribution < -0.4 is 11.0 Å². The number of nitrogens with zero attached hydrogens (tertiary/aromatic N) is 2. The largest absolute Gasteiger partial charge is 0.328 e. The lowest BCUT2D eigenvalue weighted by atomic mass is 10.2. The summed E-state index contributed by atoms with van der Waals surface area (Å²) in [5.74, 6) is 0.497. The summed E-state index contributed by atoms with van der Waals surface area (Å²) in [6.45, 7) is 8.06. The third-order valence-corrected chi connectivity index (χ3v) is 3.27. The van der Waals surface area contributed by atoms with Gasteiger partial charge in [0.05, 0.1) is 0 Å². The van der Waals surface area contributed by atoms with E-state index in [9.17, 15) is 4.79 Å². The van der Waals surface area contributed by atoms with Crippen molar-refractivity contribution in [1.29, 1.82) is 0 Å². The summed E-state index contributed by atoms with van der Waals surface area (Å²) in [4.78, 5) is 12.0. The lowest BCUT2D eigenvalue weighted by Crippen LogP contribution is -2.31. The van der Waals surface area contributed by atoms with Gasteiger partial charge in [-0.3, -0.25) is 9.13 Å². The Hall–Kier alpha value is -1.03. The van der Waals surface area contributed by atoms with Crippen molar-refractivity contribution in [2.24, 2.45) is 5.92 Å². The van der Waals surface area contributed by atoms with Crippen molar-refractivity contribution in [3.63, 3.8) is 0 Å². The Balaban J connectivity index is 1.90. The molecule has 1 aliphatic rings. The van der Waals surface area contributed by atoms with Gasteiger partial charge in [-0.2, -0.15) is 0 Å². The van der Waals surface area contributed by atoms with Crippen LogP contribution in [0, 0.1) is 5.92 Å². The van der Waals surface area contributed by atoms with Crippen LogP contribution in [0.4, 0.5) is 0 Å². The maximum absolute atomic E-state index is 12.0. The van der Waals surface area contributed by atoms with Crippen LogP contribution in [0.1, 0.15) is 39.7 Å². The molecule has 4 nitrogen and oxygen atoms in total. The third-order valence-electron chi connectivity index (χ3n) is 3.27. The Morgan fingerprint density at radius 1 is 1.35 bits per heavy atom. The Labute approximate surface area is 103 Å². The third kappa shape index (κ3) is 3.22. The first kappa shape index (κ1) is 12.4. The van der Waals surface area contributed by atoms with Gasteiger partial charge in [0.1, 0.15) is 0 Å². The summed E-state index contributed by atoms with van der Waals surface area (Å²) >= 11 is 0. The molecule has 17 heavy (non-hydrogen) atoms. The monoisotopic (exact) mass is 237 g/mol. The minimum Gasteiger partial charge on any atom is -0.314 e. The number of aromatic nitrogens is 2.